The van der Waals surface area contributed by atoms with E-state index in [-0.39, 0.29) is 25.1 Å². The van der Waals surface area contributed by atoms with Crippen molar-refractivity contribution in [2.24, 2.45) is 5.73 Å². The molecule has 0 aromatic carbocycles. The lowest BCUT2D eigenvalue weighted by Crippen LogP contribution is -2.32. The van der Waals surface area contributed by atoms with Crippen LogP contribution in [0.4, 0.5) is 0 Å². The van der Waals surface area contributed by atoms with E-state index in [0.29, 0.717) is 12.8 Å². The quantitative estimate of drug-likeness (QED) is 0.0838. The Hall–Kier alpha value is -1.10. The molecule has 2 N–H and O–H groups in total. The van der Waals surface area contributed by atoms with Crippen molar-refractivity contribution < 1.29 is 19.1 Å². The summed E-state index contributed by atoms with van der Waals surface area (Å²) in [6.45, 7) is 4.75. The molecule has 214 valence electrons. The molecule has 0 aromatic heterocycles. The van der Waals surface area contributed by atoms with Crippen LogP contribution in [0.1, 0.15) is 168 Å². The Morgan fingerprint density at radius 1 is 0.528 bits per heavy atom. The van der Waals surface area contributed by atoms with E-state index in [4.69, 9.17) is 15.2 Å². The van der Waals surface area contributed by atoms with Gasteiger partial charge in [-0.3, -0.25) is 9.59 Å². The number of hydrogen-bond acceptors (Lipinski definition) is 5. The van der Waals surface area contributed by atoms with E-state index in [2.05, 4.69) is 13.8 Å². The van der Waals surface area contributed by atoms with Crippen LogP contribution in [0.15, 0.2) is 0 Å². The van der Waals surface area contributed by atoms with Gasteiger partial charge in [-0.15, -0.1) is 0 Å². The van der Waals surface area contributed by atoms with Crippen LogP contribution in [-0.2, 0) is 19.1 Å². The molecule has 0 spiro atoms. The second-order valence-electron chi connectivity index (χ2n) is 10.6. The van der Waals surface area contributed by atoms with Crippen LogP contribution >= 0.6 is 0 Å². The van der Waals surface area contributed by atoms with E-state index < -0.39 is 6.10 Å². The molecule has 1 atom stereocenters. The number of nitrogens with two attached hydrogens (primary N) is 1. The highest BCUT2D eigenvalue weighted by atomic mass is 16.6. The summed E-state index contributed by atoms with van der Waals surface area (Å²) in [6, 6.07) is 0. The monoisotopic (exact) mass is 511 g/mol. The fraction of sp³-hybridized carbons (Fsp3) is 0.935. The van der Waals surface area contributed by atoms with Gasteiger partial charge in [0.1, 0.15) is 12.7 Å². The first-order valence-electron chi connectivity index (χ1n) is 15.7. The summed E-state index contributed by atoms with van der Waals surface area (Å²) in [5.74, 6) is -0.450. The number of carbonyl (C=O) groups excluding carboxylic acids is 2. The van der Waals surface area contributed by atoms with Gasteiger partial charge in [0.25, 0.3) is 0 Å². The molecule has 0 heterocycles. The van der Waals surface area contributed by atoms with Gasteiger partial charge >= 0.3 is 11.9 Å². The fourth-order valence-electron chi connectivity index (χ4n) is 4.52. The van der Waals surface area contributed by atoms with E-state index in [1.165, 1.54) is 116 Å². The number of rotatable bonds is 28. The fourth-order valence-corrected chi connectivity index (χ4v) is 4.52. The van der Waals surface area contributed by atoms with Crippen LogP contribution in [0.5, 0.6) is 0 Å². The third kappa shape index (κ3) is 26.0. The molecule has 0 amide bonds. The molecule has 0 saturated heterocycles. The summed E-state index contributed by atoms with van der Waals surface area (Å²) in [6.07, 6.45) is 27.9. The van der Waals surface area contributed by atoms with Crippen molar-refractivity contribution in [3.63, 3.8) is 0 Å². The molecule has 0 aromatic rings. The van der Waals surface area contributed by atoms with Crippen molar-refractivity contribution in [1.29, 1.82) is 0 Å². The third-order valence-electron chi connectivity index (χ3n) is 6.96. The number of hydrogen-bond donors (Lipinski definition) is 1. The average molecular weight is 512 g/mol. The van der Waals surface area contributed by atoms with Gasteiger partial charge in [-0.2, -0.15) is 0 Å². The maximum atomic E-state index is 12.1. The highest BCUT2D eigenvalue weighted by Gasteiger charge is 2.15. The van der Waals surface area contributed by atoms with Crippen LogP contribution in [0.2, 0.25) is 0 Å². The summed E-state index contributed by atoms with van der Waals surface area (Å²) >= 11 is 0. The molecule has 0 unspecified atom stereocenters. The SMILES string of the molecule is CCCCCCCCCCCCCC(=O)OC[C@H](CN)OC(=O)CCCCCCCCCCCCC. The van der Waals surface area contributed by atoms with Crippen LogP contribution < -0.4 is 5.73 Å². The minimum atomic E-state index is -0.536. The zero-order valence-corrected chi connectivity index (χ0v) is 24.2. The summed E-state index contributed by atoms with van der Waals surface area (Å²) in [5.41, 5.74) is 5.71. The Labute approximate surface area is 224 Å². The Bertz CT molecular complexity index is 483. The van der Waals surface area contributed by atoms with Crippen molar-refractivity contribution in [3.8, 4) is 0 Å². The summed E-state index contributed by atoms with van der Waals surface area (Å²) in [4.78, 5) is 24.1. The van der Waals surface area contributed by atoms with Gasteiger partial charge in [0.2, 0.25) is 0 Å². The second-order valence-corrected chi connectivity index (χ2v) is 10.6. The van der Waals surface area contributed by atoms with Gasteiger partial charge in [0.15, 0.2) is 0 Å². The minimum Gasteiger partial charge on any atom is -0.462 e. The summed E-state index contributed by atoms with van der Waals surface area (Å²) in [5, 5.41) is 0. The zero-order chi connectivity index (χ0) is 26.5. The van der Waals surface area contributed by atoms with Crippen LogP contribution in [-0.4, -0.2) is 31.2 Å². The maximum absolute atomic E-state index is 12.1. The standard InChI is InChI=1S/C31H61NO4/c1-3-5-7-9-11-13-15-17-19-21-23-25-30(33)35-28-29(27-32)36-31(34)26-24-22-20-18-16-14-12-10-8-6-4-2/h29H,3-28,32H2,1-2H3/t29-/m0/s1. The molecule has 0 saturated carbocycles. The molecule has 0 aliphatic heterocycles. The van der Waals surface area contributed by atoms with Crippen LogP contribution in [0, 0.1) is 0 Å². The molecule has 0 radical (unpaired) electrons. The molecule has 0 aliphatic rings. The highest BCUT2D eigenvalue weighted by Crippen LogP contribution is 2.14. The van der Waals surface area contributed by atoms with Gasteiger partial charge in [-0.25, -0.2) is 0 Å². The number of ether oxygens (including phenoxy) is 2. The predicted molar refractivity (Wildman–Crippen MR) is 152 cm³/mol. The average Bonchev–Trinajstić information content (AvgIpc) is 2.88. The highest BCUT2D eigenvalue weighted by molar-refractivity contribution is 5.70. The van der Waals surface area contributed by atoms with Crippen molar-refractivity contribution in [2.75, 3.05) is 13.2 Å². The van der Waals surface area contributed by atoms with Gasteiger partial charge in [-0.05, 0) is 12.8 Å². The van der Waals surface area contributed by atoms with Gasteiger partial charge in [-0.1, -0.05) is 142 Å². The molecule has 5 nitrogen and oxygen atoms in total. The topological polar surface area (TPSA) is 78.6 Å². The third-order valence-corrected chi connectivity index (χ3v) is 6.96. The Balaban J connectivity index is 3.57. The number of esters is 2. The molecular weight excluding hydrogens is 450 g/mol. The van der Waals surface area contributed by atoms with Gasteiger partial charge < -0.3 is 15.2 Å². The molecule has 0 bridgehead atoms. The van der Waals surface area contributed by atoms with Crippen LogP contribution in [0.25, 0.3) is 0 Å². The minimum absolute atomic E-state index is 0.0668. The van der Waals surface area contributed by atoms with Crippen molar-refractivity contribution >= 4 is 11.9 Å². The Kier molecular flexibility index (Phi) is 27.6. The Morgan fingerprint density at radius 3 is 1.22 bits per heavy atom. The predicted octanol–water partition coefficient (Wildman–Crippen LogP) is 8.80. The van der Waals surface area contributed by atoms with Crippen molar-refractivity contribution in [1.82, 2.24) is 0 Å². The number of carbonyl (C=O) groups is 2. The van der Waals surface area contributed by atoms with E-state index in [0.717, 1.165) is 25.7 Å². The molecular formula is C31H61NO4. The largest absolute Gasteiger partial charge is 0.462 e. The van der Waals surface area contributed by atoms with Gasteiger partial charge in [0, 0.05) is 19.4 Å². The first-order valence-corrected chi connectivity index (χ1v) is 15.7. The first kappa shape index (κ1) is 34.9. The van der Waals surface area contributed by atoms with E-state index in [1.54, 1.807) is 0 Å². The second kappa shape index (κ2) is 28.5. The molecule has 5 heteroatoms. The van der Waals surface area contributed by atoms with Gasteiger partial charge in [0.05, 0.1) is 0 Å². The van der Waals surface area contributed by atoms with Crippen LogP contribution in [0.3, 0.4) is 0 Å². The van der Waals surface area contributed by atoms with E-state index >= 15 is 0 Å². The zero-order valence-electron chi connectivity index (χ0n) is 24.2. The summed E-state index contributed by atoms with van der Waals surface area (Å²) < 4.78 is 10.7. The summed E-state index contributed by atoms with van der Waals surface area (Å²) in [7, 11) is 0. The molecule has 0 aliphatic carbocycles. The molecule has 36 heavy (non-hydrogen) atoms. The lowest BCUT2D eigenvalue weighted by molar-refractivity contribution is -0.158. The van der Waals surface area contributed by atoms with E-state index in [9.17, 15) is 9.59 Å². The Morgan fingerprint density at radius 2 is 0.861 bits per heavy atom. The van der Waals surface area contributed by atoms with E-state index in [1.807, 2.05) is 0 Å². The van der Waals surface area contributed by atoms with Crippen molar-refractivity contribution in [3.05, 3.63) is 0 Å². The van der Waals surface area contributed by atoms with Crippen molar-refractivity contribution in [2.45, 2.75) is 174 Å². The number of unbranched alkanes of at least 4 members (excludes halogenated alkanes) is 20. The lowest BCUT2D eigenvalue weighted by atomic mass is 10.1. The smallest absolute Gasteiger partial charge is 0.306 e. The first-order chi connectivity index (χ1) is 17.6. The molecule has 0 rings (SSSR count). The lowest BCUT2D eigenvalue weighted by Gasteiger charge is -2.16. The molecule has 0 fully saturated rings. The maximum Gasteiger partial charge on any atom is 0.306 e. The normalized spacial score (nSPS) is 12.0.